The smallest absolute Gasteiger partial charge is 0.329 e. The first kappa shape index (κ1) is 13.8. The molecule has 0 bridgehead atoms. The van der Waals surface area contributed by atoms with Crippen molar-refractivity contribution < 1.29 is 14.6 Å². The van der Waals surface area contributed by atoms with Crippen molar-refractivity contribution in [2.75, 3.05) is 19.7 Å². The van der Waals surface area contributed by atoms with E-state index in [2.05, 4.69) is 4.90 Å². The lowest BCUT2D eigenvalue weighted by atomic mass is 9.88. The van der Waals surface area contributed by atoms with Crippen LogP contribution < -0.4 is 0 Å². The highest BCUT2D eigenvalue weighted by atomic mass is 16.5. The first-order valence-electron chi connectivity index (χ1n) is 7.19. The maximum absolute atomic E-state index is 10.5. The van der Waals surface area contributed by atoms with Gasteiger partial charge in [-0.2, -0.15) is 0 Å². The number of rotatable bonds is 4. The van der Waals surface area contributed by atoms with Gasteiger partial charge in [-0.15, -0.1) is 0 Å². The first-order valence-corrected chi connectivity index (χ1v) is 7.19. The Kier molecular flexibility index (Phi) is 4.62. The normalized spacial score (nSPS) is 26.1. The first-order chi connectivity index (χ1) is 8.59. The minimum absolute atomic E-state index is 0.172. The Balaban J connectivity index is 1.74. The molecule has 18 heavy (non-hydrogen) atoms. The van der Waals surface area contributed by atoms with Crippen molar-refractivity contribution in [3.8, 4) is 0 Å². The summed E-state index contributed by atoms with van der Waals surface area (Å²) in [4.78, 5) is 13.0. The van der Waals surface area contributed by atoms with E-state index in [1.54, 1.807) is 0 Å². The van der Waals surface area contributed by atoms with E-state index in [1.165, 1.54) is 44.9 Å². The predicted molar refractivity (Wildman–Crippen MR) is 69.7 cm³/mol. The third-order valence-electron chi connectivity index (χ3n) is 4.21. The molecule has 0 amide bonds. The van der Waals surface area contributed by atoms with Crippen LogP contribution in [0.25, 0.3) is 0 Å². The van der Waals surface area contributed by atoms with E-state index in [1.807, 2.05) is 6.92 Å². The molecule has 1 N–H and O–H groups in total. The minimum atomic E-state index is -0.874. The van der Waals surface area contributed by atoms with Gasteiger partial charge in [-0.1, -0.05) is 32.1 Å². The molecule has 1 saturated heterocycles. The molecule has 104 valence electrons. The molecule has 0 unspecified atom stereocenters. The highest BCUT2D eigenvalue weighted by Gasteiger charge is 2.42. The van der Waals surface area contributed by atoms with Crippen LogP contribution in [0, 0.1) is 0 Å². The predicted octanol–water partition coefficient (Wildman–Crippen LogP) is 2.27. The fourth-order valence-corrected chi connectivity index (χ4v) is 3.20. The van der Waals surface area contributed by atoms with Crippen LogP contribution in [0.15, 0.2) is 0 Å². The molecule has 2 rings (SSSR count). The summed E-state index contributed by atoms with van der Waals surface area (Å²) in [6, 6.07) is 0.701. The monoisotopic (exact) mass is 255 g/mol. The van der Waals surface area contributed by atoms with Gasteiger partial charge in [0.05, 0.1) is 5.60 Å². The second-order valence-corrected chi connectivity index (χ2v) is 6.04. The summed E-state index contributed by atoms with van der Waals surface area (Å²) in [5, 5.41) is 8.64. The fraction of sp³-hybridized carbons (Fsp3) is 0.929. The zero-order chi connectivity index (χ0) is 13.0. The van der Waals surface area contributed by atoms with Gasteiger partial charge in [0, 0.05) is 19.1 Å². The lowest BCUT2D eigenvalue weighted by Gasteiger charge is -2.51. The summed E-state index contributed by atoms with van der Waals surface area (Å²) in [5.74, 6) is -0.874. The van der Waals surface area contributed by atoms with Crippen molar-refractivity contribution in [3.05, 3.63) is 0 Å². The minimum Gasteiger partial charge on any atom is -0.480 e. The Morgan fingerprint density at radius 2 is 1.78 bits per heavy atom. The van der Waals surface area contributed by atoms with E-state index in [4.69, 9.17) is 9.84 Å². The average Bonchev–Trinajstić information content (AvgIpc) is 2.23. The number of carbonyl (C=O) groups is 1. The summed E-state index contributed by atoms with van der Waals surface area (Å²) in [6.07, 6.45) is 9.42. The molecule has 0 aromatic heterocycles. The van der Waals surface area contributed by atoms with Crippen molar-refractivity contribution in [2.24, 2.45) is 0 Å². The summed E-state index contributed by atoms with van der Waals surface area (Å²) in [6.45, 7) is 3.64. The molecule has 1 aliphatic heterocycles. The highest BCUT2D eigenvalue weighted by molar-refractivity contribution is 5.68. The van der Waals surface area contributed by atoms with Crippen LogP contribution in [0.3, 0.4) is 0 Å². The SMILES string of the molecule is CC1(OCC(=O)O)CN(C2CCCCCCC2)C1. The van der Waals surface area contributed by atoms with Crippen LogP contribution in [-0.2, 0) is 9.53 Å². The fourth-order valence-electron chi connectivity index (χ4n) is 3.20. The van der Waals surface area contributed by atoms with E-state index in [0.29, 0.717) is 6.04 Å². The lowest BCUT2D eigenvalue weighted by molar-refractivity contribution is -0.170. The Bertz CT molecular complexity index is 279. The summed E-state index contributed by atoms with van der Waals surface area (Å²) < 4.78 is 5.46. The molecule has 0 radical (unpaired) electrons. The Hall–Kier alpha value is -0.610. The molecule has 1 heterocycles. The number of likely N-dealkylation sites (tertiary alicyclic amines) is 1. The molecule has 4 heteroatoms. The van der Waals surface area contributed by atoms with Crippen molar-refractivity contribution in [1.82, 2.24) is 4.90 Å². The molecular formula is C14H25NO3. The Labute approximate surface area is 109 Å². The molecule has 0 atom stereocenters. The van der Waals surface area contributed by atoms with E-state index in [0.717, 1.165) is 13.1 Å². The molecule has 1 saturated carbocycles. The largest absolute Gasteiger partial charge is 0.480 e. The standard InChI is InChI=1S/C14H25NO3/c1-14(18-9-13(16)17)10-15(11-14)12-7-5-3-2-4-6-8-12/h12H,2-11H2,1H3,(H,16,17). The summed E-state index contributed by atoms with van der Waals surface area (Å²) in [5.41, 5.74) is -0.235. The van der Waals surface area contributed by atoms with Crippen molar-refractivity contribution in [1.29, 1.82) is 0 Å². The van der Waals surface area contributed by atoms with Crippen molar-refractivity contribution in [3.63, 3.8) is 0 Å². The van der Waals surface area contributed by atoms with Crippen LogP contribution in [0.5, 0.6) is 0 Å². The molecular weight excluding hydrogens is 230 g/mol. The van der Waals surface area contributed by atoms with Crippen LogP contribution in [0.1, 0.15) is 51.9 Å². The molecule has 2 aliphatic rings. The lowest BCUT2D eigenvalue weighted by Crippen LogP contribution is -2.64. The van der Waals surface area contributed by atoms with Gasteiger partial charge in [0.25, 0.3) is 0 Å². The third kappa shape index (κ3) is 3.69. The van der Waals surface area contributed by atoms with Crippen molar-refractivity contribution >= 4 is 5.97 Å². The van der Waals surface area contributed by atoms with Crippen molar-refractivity contribution in [2.45, 2.75) is 63.5 Å². The van der Waals surface area contributed by atoms with Gasteiger partial charge < -0.3 is 9.84 Å². The van der Waals surface area contributed by atoms with Gasteiger partial charge in [-0.3, -0.25) is 4.90 Å². The highest BCUT2D eigenvalue weighted by Crippen LogP contribution is 2.31. The zero-order valence-corrected chi connectivity index (χ0v) is 11.4. The van der Waals surface area contributed by atoms with E-state index in [9.17, 15) is 4.79 Å². The topological polar surface area (TPSA) is 49.8 Å². The van der Waals surface area contributed by atoms with Crippen LogP contribution in [-0.4, -0.2) is 47.3 Å². The van der Waals surface area contributed by atoms with E-state index < -0.39 is 5.97 Å². The number of hydrogen-bond acceptors (Lipinski definition) is 3. The maximum atomic E-state index is 10.5. The average molecular weight is 255 g/mol. The van der Waals surface area contributed by atoms with Gasteiger partial charge in [0.2, 0.25) is 0 Å². The number of carboxylic acids is 1. The van der Waals surface area contributed by atoms with Gasteiger partial charge >= 0.3 is 5.97 Å². The second-order valence-electron chi connectivity index (χ2n) is 6.04. The van der Waals surface area contributed by atoms with E-state index in [-0.39, 0.29) is 12.2 Å². The number of aliphatic carboxylic acids is 1. The number of ether oxygens (including phenoxy) is 1. The summed E-state index contributed by atoms with van der Waals surface area (Å²) in [7, 11) is 0. The molecule has 0 aromatic carbocycles. The van der Waals surface area contributed by atoms with Gasteiger partial charge in [-0.05, 0) is 19.8 Å². The molecule has 0 spiro atoms. The van der Waals surface area contributed by atoms with Crippen LogP contribution in [0.4, 0.5) is 0 Å². The van der Waals surface area contributed by atoms with E-state index >= 15 is 0 Å². The van der Waals surface area contributed by atoms with Crippen LogP contribution in [0.2, 0.25) is 0 Å². The van der Waals surface area contributed by atoms with Gasteiger partial charge in [0.1, 0.15) is 6.61 Å². The number of hydrogen-bond donors (Lipinski definition) is 1. The molecule has 4 nitrogen and oxygen atoms in total. The zero-order valence-electron chi connectivity index (χ0n) is 11.4. The van der Waals surface area contributed by atoms with Gasteiger partial charge in [0.15, 0.2) is 0 Å². The quantitative estimate of drug-likeness (QED) is 0.837. The van der Waals surface area contributed by atoms with Gasteiger partial charge in [-0.25, -0.2) is 4.79 Å². The third-order valence-corrected chi connectivity index (χ3v) is 4.21. The maximum Gasteiger partial charge on any atom is 0.329 e. The Morgan fingerprint density at radius 1 is 1.22 bits per heavy atom. The number of carboxylic acid groups (broad SMARTS) is 1. The number of nitrogens with zero attached hydrogens (tertiary/aromatic N) is 1. The molecule has 2 fully saturated rings. The summed E-state index contributed by atoms with van der Waals surface area (Å²) >= 11 is 0. The Morgan fingerprint density at radius 3 is 2.33 bits per heavy atom. The van der Waals surface area contributed by atoms with Crippen LogP contribution >= 0.6 is 0 Å². The second kappa shape index (κ2) is 6.02. The molecule has 1 aliphatic carbocycles. The molecule has 0 aromatic rings.